The molecule has 0 aliphatic rings. The summed E-state index contributed by atoms with van der Waals surface area (Å²) in [4.78, 5) is 10.3. The normalized spacial score (nSPS) is 11.8. The summed E-state index contributed by atoms with van der Waals surface area (Å²) in [7, 11) is 0. The SMILES string of the molecule is c1ccc(-c2cc(-c3ccc4c(c3)c3nc5ccccc5nc3n4-c3ccccc3)cc(-c3cccc4c3sc3ccccc34)c2)cc1. The van der Waals surface area contributed by atoms with Crippen molar-refractivity contribution in [3.8, 4) is 39.1 Å². The fourth-order valence-corrected chi connectivity index (χ4v) is 8.34. The molecule has 4 heteroatoms. The zero-order valence-electron chi connectivity index (χ0n) is 25.8. The molecule has 0 amide bonds. The van der Waals surface area contributed by atoms with Gasteiger partial charge in [0.15, 0.2) is 5.65 Å². The van der Waals surface area contributed by atoms with Crippen LogP contribution in [0.3, 0.4) is 0 Å². The van der Waals surface area contributed by atoms with Crippen LogP contribution in [0.4, 0.5) is 0 Å². The van der Waals surface area contributed by atoms with Crippen molar-refractivity contribution < 1.29 is 0 Å². The Labute approximate surface area is 281 Å². The van der Waals surface area contributed by atoms with E-state index in [4.69, 9.17) is 9.97 Å². The van der Waals surface area contributed by atoms with Gasteiger partial charge in [-0.25, -0.2) is 9.97 Å². The minimum Gasteiger partial charge on any atom is -0.293 e. The van der Waals surface area contributed by atoms with Crippen molar-refractivity contribution in [2.24, 2.45) is 0 Å². The Kier molecular flexibility index (Phi) is 6.05. The van der Waals surface area contributed by atoms with E-state index in [1.54, 1.807) is 0 Å². The molecular formula is C44H27N3S. The second-order valence-electron chi connectivity index (χ2n) is 12.2. The minimum atomic E-state index is 0.863. The van der Waals surface area contributed by atoms with Crippen LogP contribution in [0, 0.1) is 0 Å². The predicted octanol–water partition coefficient (Wildman–Crippen LogP) is 12.1. The van der Waals surface area contributed by atoms with Gasteiger partial charge >= 0.3 is 0 Å². The highest BCUT2D eigenvalue weighted by molar-refractivity contribution is 7.26. The van der Waals surface area contributed by atoms with Gasteiger partial charge in [-0.05, 0) is 94.0 Å². The van der Waals surface area contributed by atoms with Crippen LogP contribution in [0.5, 0.6) is 0 Å². The second-order valence-corrected chi connectivity index (χ2v) is 13.3. The molecule has 48 heavy (non-hydrogen) atoms. The van der Waals surface area contributed by atoms with E-state index < -0.39 is 0 Å². The molecule has 0 N–H and O–H groups in total. The Balaban J connectivity index is 1.24. The van der Waals surface area contributed by atoms with Gasteiger partial charge in [0.05, 0.1) is 16.6 Å². The van der Waals surface area contributed by atoms with Gasteiger partial charge in [-0.2, -0.15) is 0 Å². The van der Waals surface area contributed by atoms with Crippen LogP contribution in [-0.4, -0.2) is 14.5 Å². The first kappa shape index (κ1) is 27.1. The third-order valence-corrected chi connectivity index (χ3v) is 10.6. The van der Waals surface area contributed by atoms with Crippen molar-refractivity contribution in [2.75, 3.05) is 0 Å². The standard InChI is InChI=1S/C44H27N3S/c1-3-12-28(13-4-1)30-24-31(26-32(25-30)34-17-11-18-36-35-16-7-10-21-41(35)48-43(34)36)29-22-23-40-37(27-29)42-44(47(40)33-14-5-2-6-15-33)46-39-20-9-8-19-38(39)45-42/h1-27H. The average Bonchev–Trinajstić information content (AvgIpc) is 3.69. The molecule has 3 nitrogen and oxygen atoms in total. The number of benzene rings is 7. The van der Waals surface area contributed by atoms with Crippen LogP contribution >= 0.6 is 11.3 Å². The van der Waals surface area contributed by atoms with Gasteiger partial charge in [-0.15, -0.1) is 11.3 Å². The molecule has 0 saturated heterocycles. The summed E-state index contributed by atoms with van der Waals surface area (Å²) in [6.45, 7) is 0. The highest BCUT2D eigenvalue weighted by atomic mass is 32.1. The van der Waals surface area contributed by atoms with Gasteiger partial charge < -0.3 is 0 Å². The van der Waals surface area contributed by atoms with E-state index in [0.29, 0.717) is 0 Å². The molecule has 10 aromatic rings. The van der Waals surface area contributed by atoms with E-state index in [-0.39, 0.29) is 0 Å². The van der Waals surface area contributed by atoms with Gasteiger partial charge in [-0.3, -0.25) is 4.57 Å². The van der Waals surface area contributed by atoms with Gasteiger partial charge in [0.2, 0.25) is 0 Å². The van der Waals surface area contributed by atoms with Crippen molar-refractivity contribution in [3.05, 3.63) is 164 Å². The van der Waals surface area contributed by atoms with Crippen molar-refractivity contribution in [1.82, 2.24) is 14.5 Å². The molecule has 0 unspecified atom stereocenters. The largest absolute Gasteiger partial charge is 0.293 e. The summed E-state index contributed by atoms with van der Waals surface area (Å²) in [6, 6.07) is 58.5. The van der Waals surface area contributed by atoms with Crippen LogP contribution in [0.2, 0.25) is 0 Å². The third kappa shape index (κ3) is 4.27. The van der Waals surface area contributed by atoms with Gasteiger partial charge in [0, 0.05) is 31.2 Å². The average molecular weight is 630 g/mol. The van der Waals surface area contributed by atoms with Gasteiger partial charge in [-0.1, -0.05) is 103 Å². The molecule has 0 bridgehead atoms. The summed E-state index contributed by atoms with van der Waals surface area (Å²) >= 11 is 1.87. The molecule has 0 saturated carbocycles. The molecule has 0 aliphatic carbocycles. The Hall–Kier alpha value is -6.10. The zero-order chi connectivity index (χ0) is 31.6. The van der Waals surface area contributed by atoms with Crippen molar-refractivity contribution >= 4 is 64.6 Å². The zero-order valence-corrected chi connectivity index (χ0v) is 26.7. The monoisotopic (exact) mass is 629 g/mol. The van der Waals surface area contributed by atoms with Gasteiger partial charge in [0.25, 0.3) is 0 Å². The number of para-hydroxylation sites is 3. The summed E-state index contributed by atoms with van der Waals surface area (Å²) < 4.78 is 4.87. The van der Waals surface area contributed by atoms with E-state index >= 15 is 0 Å². The quantitative estimate of drug-likeness (QED) is 0.194. The van der Waals surface area contributed by atoms with Crippen molar-refractivity contribution in [2.45, 2.75) is 0 Å². The third-order valence-electron chi connectivity index (χ3n) is 9.36. The maximum atomic E-state index is 5.19. The fraction of sp³-hybridized carbons (Fsp3) is 0. The Morgan fingerprint density at radius 3 is 1.94 bits per heavy atom. The highest BCUT2D eigenvalue weighted by Crippen LogP contribution is 2.42. The number of hydrogen-bond acceptors (Lipinski definition) is 3. The van der Waals surface area contributed by atoms with Gasteiger partial charge in [0.1, 0.15) is 5.52 Å². The van der Waals surface area contributed by atoms with E-state index in [1.807, 2.05) is 41.7 Å². The molecule has 3 aromatic heterocycles. The number of nitrogens with zero attached hydrogens (tertiary/aromatic N) is 3. The number of fused-ring (bicyclic) bond motifs is 7. The first-order valence-corrected chi connectivity index (χ1v) is 17.0. The second kappa shape index (κ2) is 10.7. The summed E-state index contributed by atoms with van der Waals surface area (Å²) in [6.07, 6.45) is 0. The van der Waals surface area contributed by atoms with Crippen LogP contribution in [0.15, 0.2) is 164 Å². The van der Waals surface area contributed by atoms with E-state index in [0.717, 1.165) is 44.4 Å². The fourth-order valence-electron chi connectivity index (χ4n) is 7.10. The molecule has 10 rings (SSSR count). The van der Waals surface area contributed by atoms with Crippen LogP contribution in [0.25, 0.3) is 92.3 Å². The molecule has 0 spiro atoms. The lowest BCUT2D eigenvalue weighted by atomic mass is 9.92. The first-order chi connectivity index (χ1) is 23.8. The summed E-state index contributed by atoms with van der Waals surface area (Å²) in [5.74, 6) is 0. The Morgan fingerprint density at radius 1 is 0.438 bits per heavy atom. The molecule has 0 radical (unpaired) electrons. The minimum absolute atomic E-state index is 0.863. The van der Waals surface area contributed by atoms with Crippen molar-refractivity contribution in [1.29, 1.82) is 0 Å². The van der Waals surface area contributed by atoms with Crippen LogP contribution in [-0.2, 0) is 0 Å². The molecule has 7 aromatic carbocycles. The maximum absolute atomic E-state index is 5.19. The van der Waals surface area contributed by atoms with Crippen LogP contribution in [0.1, 0.15) is 0 Å². The smallest absolute Gasteiger partial charge is 0.165 e. The summed E-state index contributed by atoms with van der Waals surface area (Å²) in [5, 5.41) is 3.70. The number of aromatic nitrogens is 3. The molecular weight excluding hydrogens is 603 g/mol. The molecule has 0 atom stereocenters. The molecule has 0 fully saturated rings. The topological polar surface area (TPSA) is 30.7 Å². The number of hydrogen-bond donors (Lipinski definition) is 0. The Bertz CT molecular complexity index is 2830. The lowest BCUT2D eigenvalue weighted by Gasteiger charge is -2.13. The van der Waals surface area contributed by atoms with E-state index in [1.165, 1.54) is 48.0 Å². The van der Waals surface area contributed by atoms with E-state index in [9.17, 15) is 0 Å². The lowest BCUT2D eigenvalue weighted by molar-refractivity contribution is 1.14. The van der Waals surface area contributed by atoms with E-state index in [2.05, 4.69) is 138 Å². The first-order valence-electron chi connectivity index (χ1n) is 16.2. The van der Waals surface area contributed by atoms with Crippen molar-refractivity contribution in [3.63, 3.8) is 0 Å². The molecule has 3 heterocycles. The number of rotatable bonds is 4. The molecule has 224 valence electrons. The Morgan fingerprint density at radius 2 is 1.10 bits per heavy atom. The number of thiophene rings is 1. The maximum Gasteiger partial charge on any atom is 0.165 e. The van der Waals surface area contributed by atoms with Crippen LogP contribution < -0.4 is 0 Å². The highest BCUT2D eigenvalue weighted by Gasteiger charge is 2.18. The molecule has 0 aliphatic heterocycles. The summed E-state index contributed by atoms with van der Waals surface area (Å²) in [5.41, 5.74) is 12.9. The predicted molar refractivity (Wildman–Crippen MR) is 203 cm³/mol. The lowest BCUT2D eigenvalue weighted by Crippen LogP contribution is -1.96.